The smallest absolute Gasteiger partial charge is 0.332 e. The molecule has 66 valence electrons. The second-order valence-corrected chi connectivity index (χ2v) is 3.07. The zero-order chi connectivity index (χ0) is 8.85. The molecule has 0 aliphatic carbocycles. The average molecular weight is 182 g/mol. The number of hydrogen-bond acceptors (Lipinski definition) is 3. The quantitative estimate of drug-likeness (QED) is 0.495. The van der Waals surface area contributed by atoms with Crippen LogP contribution in [0.4, 0.5) is 0 Å². The summed E-state index contributed by atoms with van der Waals surface area (Å²) in [7, 11) is 0. The highest BCUT2D eigenvalue weighted by Gasteiger charge is 2.12. The molecule has 0 aromatic carbocycles. The van der Waals surface area contributed by atoms with Crippen molar-refractivity contribution in [1.82, 2.24) is 0 Å². The fraction of sp³-hybridized carbons (Fsp3) is 0.800. The fourth-order valence-electron chi connectivity index (χ4n) is 0.524. The Labute approximate surface area is 66.3 Å². The number of carbonyl (C=O) groups is 1. The number of carboxylic acid groups (broad SMARTS) is 1. The first-order chi connectivity index (χ1) is 5.04. The van der Waals surface area contributed by atoms with Crippen molar-refractivity contribution < 1.29 is 23.8 Å². The van der Waals surface area contributed by atoms with E-state index in [9.17, 15) is 9.00 Å². The second kappa shape index (κ2) is 5.22. The molecule has 2 unspecified atom stereocenters. The summed E-state index contributed by atoms with van der Waals surface area (Å²) < 4.78 is 18.3. The van der Waals surface area contributed by atoms with Crippen LogP contribution in [-0.2, 0) is 15.9 Å². The molecule has 6 heteroatoms. The number of aliphatic carboxylic acids is 1. The molecule has 0 saturated carbocycles. The molecule has 0 aliphatic heterocycles. The summed E-state index contributed by atoms with van der Waals surface area (Å²) in [5.41, 5.74) is 0. The van der Waals surface area contributed by atoms with Gasteiger partial charge in [0, 0.05) is 5.75 Å². The lowest BCUT2D eigenvalue weighted by Crippen LogP contribution is -2.19. The third-order valence-electron chi connectivity index (χ3n) is 1.08. The maximum absolute atomic E-state index is 10.0. The predicted molar refractivity (Wildman–Crippen MR) is 38.5 cm³/mol. The van der Waals surface area contributed by atoms with E-state index in [0.717, 1.165) is 0 Å². The van der Waals surface area contributed by atoms with Gasteiger partial charge in [-0.1, -0.05) is 0 Å². The summed E-state index contributed by atoms with van der Waals surface area (Å²) in [5.74, 6) is -1.29. The molecule has 0 aromatic heterocycles. The van der Waals surface area contributed by atoms with Gasteiger partial charge in [-0.2, -0.15) is 0 Å². The van der Waals surface area contributed by atoms with E-state index in [0.29, 0.717) is 0 Å². The van der Waals surface area contributed by atoms with Gasteiger partial charge < -0.3 is 14.8 Å². The average Bonchev–Trinajstić information content (AvgIpc) is 1.86. The molecule has 0 rings (SSSR count). The van der Waals surface area contributed by atoms with Gasteiger partial charge in [0.1, 0.15) is 0 Å². The van der Waals surface area contributed by atoms with Gasteiger partial charge in [-0.05, 0) is 12.8 Å². The Balaban J connectivity index is 3.39. The van der Waals surface area contributed by atoms with Crippen LogP contribution in [0.15, 0.2) is 0 Å². The topological polar surface area (TPSA) is 94.8 Å². The van der Waals surface area contributed by atoms with Crippen molar-refractivity contribution in [3.8, 4) is 0 Å². The summed E-state index contributed by atoms with van der Waals surface area (Å²) in [6.45, 7) is 0. The third-order valence-corrected chi connectivity index (χ3v) is 1.72. The van der Waals surface area contributed by atoms with Gasteiger partial charge in [0.15, 0.2) is 17.2 Å². The molecule has 0 aliphatic rings. The molecular weight excluding hydrogens is 172 g/mol. The summed E-state index contributed by atoms with van der Waals surface area (Å²) in [5, 5.41) is 16.8. The summed E-state index contributed by atoms with van der Waals surface area (Å²) >= 11 is -1.90. The van der Waals surface area contributed by atoms with Gasteiger partial charge in [-0.15, -0.1) is 0 Å². The minimum Gasteiger partial charge on any atom is -0.479 e. The monoisotopic (exact) mass is 182 g/mol. The highest BCUT2D eigenvalue weighted by atomic mass is 32.2. The van der Waals surface area contributed by atoms with Crippen molar-refractivity contribution >= 4 is 17.0 Å². The van der Waals surface area contributed by atoms with Crippen LogP contribution in [0.1, 0.15) is 12.8 Å². The molecule has 0 fully saturated rings. The Bertz CT molecular complexity index is 157. The molecule has 0 spiro atoms. The standard InChI is InChI=1S/C5H10O5S/c6-4(5(7)8)2-1-3-11(9)10/h4,6H,1-3H2,(H,7,8)(H,9,10). The molecule has 0 bridgehead atoms. The van der Waals surface area contributed by atoms with Crippen molar-refractivity contribution in [1.29, 1.82) is 0 Å². The third kappa shape index (κ3) is 5.96. The van der Waals surface area contributed by atoms with E-state index in [1.165, 1.54) is 0 Å². The molecule has 0 radical (unpaired) electrons. The molecule has 2 atom stereocenters. The zero-order valence-corrected chi connectivity index (χ0v) is 6.58. The Morgan fingerprint density at radius 2 is 2.09 bits per heavy atom. The van der Waals surface area contributed by atoms with Gasteiger partial charge in [0.05, 0.1) is 0 Å². The maximum atomic E-state index is 10.0. The summed E-state index contributed by atoms with van der Waals surface area (Å²) in [6, 6.07) is 0. The van der Waals surface area contributed by atoms with Gasteiger partial charge in [0.25, 0.3) is 0 Å². The lowest BCUT2D eigenvalue weighted by Gasteiger charge is -2.02. The number of hydrogen-bond donors (Lipinski definition) is 3. The van der Waals surface area contributed by atoms with Gasteiger partial charge in [0.2, 0.25) is 0 Å². The van der Waals surface area contributed by atoms with Crippen molar-refractivity contribution in [2.24, 2.45) is 0 Å². The highest BCUT2D eigenvalue weighted by Crippen LogP contribution is 1.97. The van der Waals surface area contributed by atoms with Crippen LogP contribution in [0.5, 0.6) is 0 Å². The Hall–Kier alpha value is -0.460. The Kier molecular flexibility index (Phi) is 5.01. The predicted octanol–water partition coefficient (Wildman–Crippen LogP) is -0.566. The van der Waals surface area contributed by atoms with Crippen LogP contribution in [0, 0.1) is 0 Å². The van der Waals surface area contributed by atoms with Crippen LogP contribution in [0.3, 0.4) is 0 Å². The van der Waals surface area contributed by atoms with E-state index >= 15 is 0 Å². The molecule has 3 N–H and O–H groups in total. The van der Waals surface area contributed by atoms with Crippen molar-refractivity contribution in [3.63, 3.8) is 0 Å². The molecule has 11 heavy (non-hydrogen) atoms. The minimum absolute atomic E-state index is 0.00431. The first-order valence-electron chi connectivity index (χ1n) is 3.02. The van der Waals surface area contributed by atoms with Crippen LogP contribution >= 0.6 is 0 Å². The molecule has 0 amide bonds. The number of carboxylic acids is 1. The van der Waals surface area contributed by atoms with E-state index in [2.05, 4.69) is 0 Å². The number of rotatable bonds is 5. The van der Waals surface area contributed by atoms with Crippen molar-refractivity contribution in [2.75, 3.05) is 5.75 Å². The Morgan fingerprint density at radius 3 is 2.45 bits per heavy atom. The zero-order valence-electron chi connectivity index (χ0n) is 5.77. The molecule has 0 aromatic rings. The largest absolute Gasteiger partial charge is 0.479 e. The van der Waals surface area contributed by atoms with E-state index in [4.69, 9.17) is 14.8 Å². The normalized spacial score (nSPS) is 15.8. The first kappa shape index (κ1) is 10.5. The van der Waals surface area contributed by atoms with Crippen molar-refractivity contribution in [2.45, 2.75) is 18.9 Å². The van der Waals surface area contributed by atoms with Crippen molar-refractivity contribution in [3.05, 3.63) is 0 Å². The van der Waals surface area contributed by atoms with Gasteiger partial charge in [-0.3, -0.25) is 0 Å². The maximum Gasteiger partial charge on any atom is 0.332 e. The van der Waals surface area contributed by atoms with Crippen LogP contribution in [0.2, 0.25) is 0 Å². The molecule has 5 nitrogen and oxygen atoms in total. The molecular formula is C5H10O5S. The lowest BCUT2D eigenvalue weighted by atomic mass is 10.2. The number of aliphatic hydroxyl groups is 1. The summed E-state index contributed by atoms with van der Waals surface area (Å²) in [6.07, 6.45) is -1.17. The van der Waals surface area contributed by atoms with Gasteiger partial charge >= 0.3 is 5.97 Å². The second-order valence-electron chi connectivity index (χ2n) is 2.02. The molecule has 0 heterocycles. The fourth-order valence-corrected chi connectivity index (χ4v) is 0.937. The SMILES string of the molecule is O=C(O)C(O)CCCS(=O)O. The highest BCUT2D eigenvalue weighted by molar-refractivity contribution is 7.79. The summed E-state index contributed by atoms with van der Waals surface area (Å²) in [4.78, 5) is 9.99. The van der Waals surface area contributed by atoms with Crippen LogP contribution < -0.4 is 0 Å². The van der Waals surface area contributed by atoms with E-state index in [-0.39, 0.29) is 18.6 Å². The van der Waals surface area contributed by atoms with Gasteiger partial charge in [-0.25, -0.2) is 9.00 Å². The van der Waals surface area contributed by atoms with Crippen LogP contribution in [0.25, 0.3) is 0 Å². The minimum atomic E-state index is -1.90. The molecule has 0 saturated heterocycles. The number of aliphatic hydroxyl groups excluding tert-OH is 1. The Morgan fingerprint density at radius 1 is 1.55 bits per heavy atom. The first-order valence-corrected chi connectivity index (χ1v) is 4.30. The van der Waals surface area contributed by atoms with E-state index < -0.39 is 23.2 Å². The van der Waals surface area contributed by atoms with Crippen LogP contribution in [-0.4, -0.2) is 36.8 Å². The van der Waals surface area contributed by atoms with E-state index in [1.807, 2.05) is 0 Å². The lowest BCUT2D eigenvalue weighted by molar-refractivity contribution is -0.146. The van der Waals surface area contributed by atoms with E-state index in [1.54, 1.807) is 0 Å².